The van der Waals surface area contributed by atoms with Gasteiger partial charge in [0.05, 0.1) is 18.9 Å². The summed E-state index contributed by atoms with van der Waals surface area (Å²) in [5.74, 6) is 0.389. The Bertz CT molecular complexity index is 818. The number of carbonyl (C=O) groups is 1. The van der Waals surface area contributed by atoms with Crippen LogP contribution in [0, 0.1) is 5.82 Å². The number of likely N-dealkylation sites (N-methyl/N-ethyl adjacent to an activating group) is 1. The second kappa shape index (κ2) is 8.20. The van der Waals surface area contributed by atoms with Gasteiger partial charge in [-0.3, -0.25) is 4.79 Å². The summed E-state index contributed by atoms with van der Waals surface area (Å²) in [7, 11) is 3.38. The standard InChI is InChI=1S/C21H23FN2O3/c1-14(16-6-10-19(26-3)11-7-16)24(2)21(25)20-13-18(23-27-20)12-15-4-8-17(22)9-5-15/h4-11,14,20H,12-13H2,1-3H3/t14-,20+/m0/s1. The first-order valence-corrected chi connectivity index (χ1v) is 8.84. The molecule has 0 unspecified atom stereocenters. The first-order chi connectivity index (χ1) is 13.0. The van der Waals surface area contributed by atoms with E-state index in [1.807, 2.05) is 31.2 Å². The molecule has 0 N–H and O–H groups in total. The van der Waals surface area contributed by atoms with Gasteiger partial charge in [0.2, 0.25) is 6.10 Å². The second-order valence-corrected chi connectivity index (χ2v) is 6.66. The van der Waals surface area contributed by atoms with Gasteiger partial charge >= 0.3 is 0 Å². The van der Waals surface area contributed by atoms with Gasteiger partial charge in [-0.2, -0.15) is 0 Å². The quantitative estimate of drug-likeness (QED) is 0.778. The third-order valence-electron chi connectivity index (χ3n) is 4.85. The van der Waals surface area contributed by atoms with Gasteiger partial charge < -0.3 is 14.5 Å². The fourth-order valence-corrected chi connectivity index (χ4v) is 3.03. The Hall–Kier alpha value is -2.89. The van der Waals surface area contributed by atoms with Gasteiger partial charge in [-0.25, -0.2) is 4.39 Å². The first kappa shape index (κ1) is 18.9. The molecule has 2 atom stereocenters. The monoisotopic (exact) mass is 370 g/mol. The molecule has 1 aliphatic rings. The molecule has 0 aromatic heterocycles. The number of halogens is 1. The summed E-state index contributed by atoms with van der Waals surface area (Å²) in [4.78, 5) is 19.8. The zero-order valence-corrected chi connectivity index (χ0v) is 15.7. The number of hydrogen-bond acceptors (Lipinski definition) is 4. The van der Waals surface area contributed by atoms with Gasteiger partial charge in [0.25, 0.3) is 5.91 Å². The summed E-state index contributed by atoms with van der Waals surface area (Å²) in [5.41, 5.74) is 2.73. The molecular weight excluding hydrogens is 347 g/mol. The maximum atomic E-state index is 13.0. The van der Waals surface area contributed by atoms with Crippen LogP contribution in [0.25, 0.3) is 0 Å². The number of carbonyl (C=O) groups excluding carboxylic acids is 1. The van der Waals surface area contributed by atoms with Crippen LogP contribution in [-0.4, -0.2) is 36.8 Å². The number of benzene rings is 2. The summed E-state index contributed by atoms with van der Waals surface area (Å²) < 4.78 is 18.2. The van der Waals surface area contributed by atoms with Crippen molar-refractivity contribution in [2.45, 2.75) is 31.9 Å². The summed E-state index contributed by atoms with van der Waals surface area (Å²) in [5, 5.41) is 4.05. The van der Waals surface area contributed by atoms with Crippen molar-refractivity contribution >= 4 is 11.6 Å². The van der Waals surface area contributed by atoms with Gasteiger partial charge in [0.1, 0.15) is 11.6 Å². The fourth-order valence-electron chi connectivity index (χ4n) is 3.03. The molecule has 0 spiro atoms. The number of amides is 1. The molecule has 142 valence electrons. The third-order valence-corrected chi connectivity index (χ3v) is 4.85. The van der Waals surface area contributed by atoms with Gasteiger partial charge in [0, 0.05) is 19.9 Å². The van der Waals surface area contributed by atoms with E-state index in [1.165, 1.54) is 12.1 Å². The minimum absolute atomic E-state index is 0.104. The first-order valence-electron chi connectivity index (χ1n) is 8.84. The third kappa shape index (κ3) is 4.45. The second-order valence-electron chi connectivity index (χ2n) is 6.66. The molecule has 1 heterocycles. The number of rotatable bonds is 6. The van der Waals surface area contributed by atoms with Gasteiger partial charge in [-0.1, -0.05) is 29.4 Å². The van der Waals surface area contributed by atoms with E-state index in [4.69, 9.17) is 9.57 Å². The summed E-state index contributed by atoms with van der Waals surface area (Å²) in [6.07, 6.45) is 0.365. The highest BCUT2D eigenvalue weighted by Crippen LogP contribution is 2.24. The Balaban J connectivity index is 1.58. The molecule has 0 fully saturated rings. The van der Waals surface area contributed by atoms with Crippen molar-refractivity contribution in [2.24, 2.45) is 5.16 Å². The van der Waals surface area contributed by atoms with Crippen molar-refractivity contribution in [1.82, 2.24) is 4.90 Å². The molecule has 6 heteroatoms. The molecule has 0 saturated carbocycles. The molecule has 1 aliphatic heterocycles. The van der Waals surface area contributed by atoms with Gasteiger partial charge in [-0.15, -0.1) is 0 Å². The van der Waals surface area contributed by atoms with E-state index in [1.54, 1.807) is 31.2 Å². The summed E-state index contributed by atoms with van der Waals surface area (Å²) >= 11 is 0. The Kier molecular flexibility index (Phi) is 5.74. The molecule has 27 heavy (non-hydrogen) atoms. The van der Waals surface area contributed by atoms with Gasteiger partial charge in [0.15, 0.2) is 0 Å². The Morgan fingerprint density at radius 2 is 1.93 bits per heavy atom. The van der Waals surface area contributed by atoms with Crippen LogP contribution < -0.4 is 4.74 Å². The Morgan fingerprint density at radius 1 is 1.26 bits per heavy atom. The lowest BCUT2D eigenvalue weighted by Crippen LogP contribution is -2.38. The Labute approximate surface area is 158 Å². The molecule has 1 amide bonds. The minimum atomic E-state index is -0.619. The molecule has 0 saturated heterocycles. The van der Waals surface area contributed by atoms with E-state index >= 15 is 0 Å². The van der Waals surface area contributed by atoms with Crippen LogP contribution >= 0.6 is 0 Å². The Morgan fingerprint density at radius 3 is 2.56 bits per heavy atom. The number of hydrogen-bond donors (Lipinski definition) is 0. The molecule has 0 aliphatic carbocycles. The number of ether oxygens (including phenoxy) is 1. The number of oxime groups is 1. The van der Waals surface area contributed by atoms with E-state index in [-0.39, 0.29) is 17.8 Å². The molecule has 3 rings (SSSR count). The van der Waals surface area contributed by atoms with Crippen molar-refractivity contribution in [3.05, 3.63) is 65.5 Å². The topological polar surface area (TPSA) is 51.1 Å². The number of nitrogens with zero attached hydrogens (tertiary/aromatic N) is 2. The summed E-state index contributed by atoms with van der Waals surface area (Å²) in [6, 6.07) is 13.8. The fraction of sp³-hybridized carbons (Fsp3) is 0.333. The van der Waals surface area contributed by atoms with Crippen molar-refractivity contribution < 1.29 is 18.8 Å². The molecule has 5 nitrogen and oxygen atoms in total. The largest absolute Gasteiger partial charge is 0.497 e. The lowest BCUT2D eigenvalue weighted by Gasteiger charge is -2.27. The molecule has 0 bridgehead atoms. The van der Waals surface area contributed by atoms with Crippen LogP contribution in [0.1, 0.15) is 30.5 Å². The van der Waals surface area contributed by atoms with Crippen molar-refractivity contribution in [1.29, 1.82) is 0 Å². The maximum absolute atomic E-state index is 13.0. The maximum Gasteiger partial charge on any atom is 0.267 e. The predicted octanol–water partition coefficient (Wildman–Crippen LogP) is 3.74. The van der Waals surface area contributed by atoms with E-state index in [0.29, 0.717) is 12.8 Å². The summed E-state index contributed by atoms with van der Waals surface area (Å²) in [6.45, 7) is 1.97. The van der Waals surface area contributed by atoms with Gasteiger partial charge in [-0.05, 0) is 42.3 Å². The van der Waals surface area contributed by atoms with E-state index in [9.17, 15) is 9.18 Å². The van der Waals surface area contributed by atoms with E-state index in [0.717, 1.165) is 22.6 Å². The van der Waals surface area contributed by atoms with Crippen LogP contribution in [0.5, 0.6) is 5.75 Å². The average Bonchev–Trinajstić information content (AvgIpc) is 3.16. The predicted molar refractivity (Wildman–Crippen MR) is 101 cm³/mol. The zero-order valence-electron chi connectivity index (χ0n) is 15.7. The molecule has 2 aromatic carbocycles. The SMILES string of the molecule is COc1ccc([C@H](C)N(C)C(=O)[C@H]2CC(Cc3ccc(F)cc3)=NO2)cc1. The highest BCUT2D eigenvalue weighted by molar-refractivity contribution is 5.94. The number of methoxy groups -OCH3 is 1. The van der Waals surface area contributed by atoms with Crippen molar-refractivity contribution in [3.8, 4) is 5.75 Å². The zero-order chi connectivity index (χ0) is 19.4. The molecule has 2 aromatic rings. The minimum Gasteiger partial charge on any atom is -0.497 e. The van der Waals surface area contributed by atoms with E-state index < -0.39 is 6.10 Å². The van der Waals surface area contributed by atoms with Crippen LogP contribution in [0.15, 0.2) is 53.7 Å². The smallest absolute Gasteiger partial charge is 0.267 e. The van der Waals surface area contributed by atoms with Crippen LogP contribution in [0.4, 0.5) is 4.39 Å². The van der Waals surface area contributed by atoms with Crippen molar-refractivity contribution in [2.75, 3.05) is 14.2 Å². The van der Waals surface area contributed by atoms with Crippen LogP contribution in [0.3, 0.4) is 0 Å². The van der Waals surface area contributed by atoms with Crippen molar-refractivity contribution in [3.63, 3.8) is 0 Å². The average molecular weight is 370 g/mol. The van der Waals surface area contributed by atoms with E-state index in [2.05, 4.69) is 5.16 Å². The lowest BCUT2D eigenvalue weighted by molar-refractivity contribution is -0.142. The normalized spacial score (nSPS) is 17.0. The highest BCUT2D eigenvalue weighted by atomic mass is 19.1. The molecular formula is C21H23FN2O3. The highest BCUT2D eigenvalue weighted by Gasteiger charge is 2.32. The molecule has 0 radical (unpaired) electrons. The van der Waals surface area contributed by atoms with Crippen LogP contribution in [-0.2, 0) is 16.1 Å². The van der Waals surface area contributed by atoms with Crippen LogP contribution in [0.2, 0.25) is 0 Å². The lowest BCUT2D eigenvalue weighted by atomic mass is 10.0.